The van der Waals surface area contributed by atoms with Crippen molar-refractivity contribution in [3.8, 4) is 0 Å². The van der Waals surface area contributed by atoms with Gasteiger partial charge in [-0.15, -0.1) is 0 Å². The first-order valence-electron chi connectivity index (χ1n) is 0.855. The van der Waals surface area contributed by atoms with Crippen LogP contribution < -0.4 is 103 Å². The summed E-state index contributed by atoms with van der Waals surface area (Å²) >= 11 is 0. The number of nitrogens with zero attached hydrogens (tertiary/aromatic N) is 2. The van der Waals surface area contributed by atoms with E-state index in [1.54, 1.807) is 0 Å². The second-order valence-corrected chi connectivity index (χ2v) is 0.183. The molecule has 0 aromatic heterocycles. The van der Waals surface area contributed by atoms with E-state index in [4.69, 9.17) is 20.4 Å². The summed E-state index contributed by atoms with van der Waals surface area (Å²) in [5, 5.41) is 13.5. The quantitative estimate of drug-likeness (QED) is 0.202. The molecule has 0 saturated carbocycles. The van der Waals surface area contributed by atoms with E-state index in [0.29, 0.717) is 12.2 Å². The van der Waals surface area contributed by atoms with Crippen LogP contribution in [0.4, 0.5) is 0 Å². The van der Waals surface area contributed by atoms with Crippen LogP contribution in [0.25, 0.3) is 10.8 Å². The average Bonchev–Trinajstić information content (AvgIpc) is 1.39. The zero-order valence-electron chi connectivity index (χ0n) is 4.71. The van der Waals surface area contributed by atoms with Crippen LogP contribution in [0.5, 0.6) is 0 Å². The average molecular weight is 162 g/mol. The predicted octanol–water partition coefficient (Wildman–Crippen LogP) is -6.21. The Morgan fingerprint density at radius 1 is 0.875 bits per heavy atom. The van der Waals surface area contributed by atoms with Gasteiger partial charge in [-0.25, -0.2) is 0 Å². The third kappa shape index (κ3) is 96.2. The van der Waals surface area contributed by atoms with E-state index in [1.165, 1.54) is 0 Å². The summed E-state index contributed by atoms with van der Waals surface area (Å²) in [6.07, 6.45) is 1.00. The van der Waals surface area contributed by atoms with E-state index in [-0.39, 0.29) is 103 Å². The Morgan fingerprint density at radius 2 is 0.875 bits per heavy atom. The Hall–Kier alpha value is 2.03. The van der Waals surface area contributed by atoms with Crippen molar-refractivity contribution in [2.75, 3.05) is 0 Å². The van der Waals surface area contributed by atoms with Crippen molar-refractivity contribution in [3.63, 3.8) is 0 Å². The Morgan fingerprint density at radius 3 is 0.875 bits per heavy atom. The molecule has 0 aromatic rings. The van der Waals surface area contributed by atoms with Crippen LogP contribution in [0.1, 0.15) is 0 Å². The number of isocyanates is 2. The third-order valence-electron chi connectivity index (χ3n) is 0. The van der Waals surface area contributed by atoms with E-state index >= 15 is 0 Å². The maximum Gasteiger partial charge on any atom is 1.00 e. The van der Waals surface area contributed by atoms with Crippen molar-refractivity contribution < 1.29 is 112 Å². The molecule has 8 heavy (non-hydrogen) atoms. The van der Waals surface area contributed by atoms with E-state index in [9.17, 15) is 0 Å². The van der Waals surface area contributed by atoms with Crippen LogP contribution in [0.15, 0.2) is 0 Å². The minimum absolute atomic E-state index is 0. The maximum absolute atomic E-state index is 8.24. The molecule has 0 aromatic carbocycles. The van der Waals surface area contributed by atoms with Gasteiger partial charge in [-0.1, -0.05) is 0 Å². The van der Waals surface area contributed by atoms with Crippen LogP contribution in [0.3, 0.4) is 0 Å². The molecule has 0 unspecified atom stereocenters. The van der Waals surface area contributed by atoms with E-state index in [0.717, 1.165) is 0 Å². The minimum atomic E-state index is 0. The molecule has 6 heteroatoms. The third-order valence-corrected chi connectivity index (χ3v) is 0. The Labute approximate surface area is 132 Å². The van der Waals surface area contributed by atoms with Crippen molar-refractivity contribution in [1.82, 2.24) is 0 Å². The number of hydrogen-bond acceptors (Lipinski definition) is 2. The summed E-state index contributed by atoms with van der Waals surface area (Å²) in [5.74, 6) is 0. The van der Waals surface area contributed by atoms with Crippen molar-refractivity contribution in [2.45, 2.75) is 0 Å². The summed E-state index contributed by atoms with van der Waals surface area (Å²) in [7, 11) is 0. The first-order chi connectivity index (χ1) is 2.83. The molecular formula is C2K2N2O2. The first-order valence-corrected chi connectivity index (χ1v) is 0.855. The van der Waals surface area contributed by atoms with E-state index < -0.39 is 0 Å². The molecule has 32 valence electrons. The van der Waals surface area contributed by atoms with Crippen molar-refractivity contribution in [3.05, 3.63) is 10.8 Å². The fraction of sp³-hybridized carbons (Fsp3) is 0. The monoisotopic (exact) mass is 162 g/mol. The van der Waals surface area contributed by atoms with Gasteiger partial charge in [0.05, 0.1) is 0 Å². The molecule has 0 spiro atoms. The van der Waals surface area contributed by atoms with Gasteiger partial charge in [-0.2, -0.15) is 0 Å². The normalized spacial score (nSPS) is 2.00. The molecular weight excluding hydrogens is 162 g/mol. The molecule has 0 atom stereocenters. The molecule has 0 rings (SSSR count). The Bertz CT molecular complexity index is 70.0. The number of rotatable bonds is 0. The SMILES string of the molecule is [K+].[K+].[N-]=C=O.[N-]=C=O. The van der Waals surface area contributed by atoms with Gasteiger partial charge < -0.3 is 10.8 Å². The Kier molecular flexibility index (Phi) is 101. The van der Waals surface area contributed by atoms with Crippen LogP contribution in [0.2, 0.25) is 0 Å². The summed E-state index contributed by atoms with van der Waals surface area (Å²) < 4.78 is 0. The first kappa shape index (κ1) is 22.5. The smallest absolute Gasteiger partial charge is 0.724 e. The second-order valence-electron chi connectivity index (χ2n) is 0.183. The minimum Gasteiger partial charge on any atom is -0.724 e. The molecule has 0 saturated heterocycles. The molecule has 0 N–H and O–H groups in total. The Balaban J connectivity index is -0.0000000160. The topological polar surface area (TPSA) is 78.7 Å². The largest absolute Gasteiger partial charge is 1.00 e. The molecule has 0 aliphatic heterocycles. The van der Waals surface area contributed by atoms with Gasteiger partial charge >= 0.3 is 103 Å². The fourth-order valence-corrected chi connectivity index (χ4v) is 0. The van der Waals surface area contributed by atoms with Crippen molar-refractivity contribution in [1.29, 1.82) is 0 Å². The zero-order valence-corrected chi connectivity index (χ0v) is 11.0. The van der Waals surface area contributed by atoms with Gasteiger partial charge in [-0.05, 0) is 12.2 Å². The fourth-order valence-electron chi connectivity index (χ4n) is 0. The van der Waals surface area contributed by atoms with Gasteiger partial charge in [0.2, 0.25) is 0 Å². The van der Waals surface area contributed by atoms with Gasteiger partial charge in [-0.3, -0.25) is 9.59 Å². The van der Waals surface area contributed by atoms with E-state index in [1.807, 2.05) is 0 Å². The predicted molar refractivity (Wildman–Crippen MR) is 18.1 cm³/mol. The molecule has 4 nitrogen and oxygen atoms in total. The maximum atomic E-state index is 8.24. The molecule has 0 heterocycles. The van der Waals surface area contributed by atoms with E-state index in [2.05, 4.69) is 0 Å². The van der Waals surface area contributed by atoms with Crippen molar-refractivity contribution >= 4 is 12.2 Å². The molecule has 0 aliphatic rings. The van der Waals surface area contributed by atoms with Crippen LogP contribution >= 0.6 is 0 Å². The molecule has 0 fully saturated rings. The van der Waals surface area contributed by atoms with Gasteiger partial charge in [0.25, 0.3) is 0 Å². The zero-order chi connectivity index (χ0) is 5.41. The van der Waals surface area contributed by atoms with Gasteiger partial charge in [0.15, 0.2) is 0 Å². The molecule has 0 bridgehead atoms. The molecule has 0 aliphatic carbocycles. The standard InChI is InChI=1S/2CNO.2K/c2*2-1-3;;/q2*-1;2*+1. The second kappa shape index (κ2) is 35.8. The van der Waals surface area contributed by atoms with Crippen LogP contribution in [-0.4, -0.2) is 12.2 Å². The van der Waals surface area contributed by atoms with Crippen LogP contribution in [-0.2, 0) is 9.59 Å². The van der Waals surface area contributed by atoms with Gasteiger partial charge in [0, 0.05) is 0 Å². The van der Waals surface area contributed by atoms with Crippen molar-refractivity contribution in [2.24, 2.45) is 0 Å². The summed E-state index contributed by atoms with van der Waals surface area (Å²) in [6.45, 7) is 0. The summed E-state index contributed by atoms with van der Waals surface area (Å²) in [6, 6.07) is 0. The number of hydrogen-bond donors (Lipinski definition) is 0. The molecule has 0 radical (unpaired) electrons. The summed E-state index contributed by atoms with van der Waals surface area (Å²) in [4.78, 5) is 16.5. The summed E-state index contributed by atoms with van der Waals surface area (Å²) in [5.41, 5.74) is 0. The molecule has 0 amide bonds. The number of carbonyl (C=O) groups excluding carboxylic acids is 2. The van der Waals surface area contributed by atoms with Crippen LogP contribution in [0, 0.1) is 0 Å². The van der Waals surface area contributed by atoms with Gasteiger partial charge in [0.1, 0.15) is 0 Å².